The maximum Gasteiger partial charge on any atom is 0.418 e. The van der Waals surface area contributed by atoms with E-state index in [2.05, 4.69) is 21.9 Å². The number of rotatable bonds is 13. The minimum Gasteiger partial charge on any atom is -0.433 e. The maximum atomic E-state index is 13.4. The van der Waals surface area contributed by atoms with Crippen molar-refractivity contribution in [2.75, 3.05) is 11.9 Å². The van der Waals surface area contributed by atoms with E-state index in [0.29, 0.717) is 22.7 Å². The van der Waals surface area contributed by atoms with Crippen LogP contribution in [0.1, 0.15) is 85.0 Å². The van der Waals surface area contributed by atoms with Crippen LogP contribution >= 0.6 is 23.1 Å². The lowest BCUT2D eigenvalue weighted by molar-refractivity contribution is -0.137. The van der Waals surface area contributed by atoms with Crippen LogP contribution in [0.4, 0.5) is 10.5 Å². The van der Waals surface area contributed by atoms with Crippen molar-refractivity contribution in [3.05, 3.63) is 45.4 Å². The summed E-state index contributed by atoms with van der Waals surface area (Å²) in [5.41, 5.74) is -0.586. The normalized spacial score (nSPS) is 15.2. The number of halogens is 1. The summed E-state index contributed by atoms with van der Waals surface area (Å²) in [5.74, 6) is -2.88. The van der Waals surface area contributed by atoms with E-state index in [1.807, 2.05) is 0 Å². The van der Waals surface area contributed by atoms with E-state index in [-0.39, 0.29) is 21.5 Å². The predicted octanol–water partition coefficient (Wildman–Crippen LogP) is 5.14. The molecule has 0 aliphatic carbocycles. The van der Waals surface area contributed by atoms with E-state index in [4.69, 9.17) is 16.3 Å². The average molecular weight is 577 g/mol. The van der Waals surface area contributed by atoms with Crippen LogP contribution in [0.2, 0.25) is 5.02 Å². The van der Waals surface area contributed by atoms with E-state index in [9.17, 15) is 24.0 Å². The van der Waals surface area contributed by atoms with Crippen molar-refractivity contribution >= 4 is 58.4 Å². The summed E-state index contributed by atoms with van der Waals surface area (Å²) in [6.07, 6.45) is 5.52. The first kappa shape index (κ1) is 30.2. The smallest absolute Gasteiger partial charge is 0.418 e. The third-order valence-electron chi connectivity index (χ3n) is 6.20. The molecular formula is C27H33ClN4O6S. The molecule has 0 saturated carbocycles. The van der Waals surface area contributed by atoms with Gasteiger partial charge in [-0.05, 0) is 63.0 Å². The molecule has 4 amide bonds. The zero-order valence-electron chi connectivity index (χ0n) is 22.5. The highest BCUT2D eigenvalue weighted by atomic mass is 35.5. The lowest BCUT2D eigenvalue weighted by Gasteiger charge is -2.22. The highest BCUT2D eigenvalue weighted by Crippen LogP contribution is 2.29. The Bertz CT molecular complexity index is 1260. The minimum atomic E-state index is -1.84. The SMILES string of the molecule is CCCCCCCCNC(=O)c1ccc(NC(=O)C(C(=O)c2cc(C)ns2)N2C(=O)OC(C)(C)C2=O)c(Cl)c1. The third kappa shape index (κ3) is 7.42. The van der Waals surface area contributed by atoms with Crippen LogP contribution < -0.4 is 10.6 Å². The van der Waals surface area contributed by atoms with Gasteiger partial charge >= 0.3 is 6.09 Å². The zero-order valence-corrected chi connectivity index (χ0v) is 24.0. The van der Waals surface area contributed by atoms with E-state index in [1.165, 1.54) is 57.4 Å². The molecule has 2 heterocycles. The number of benzene rings is 1. The Morgan fingerprint density at radius 3 is 2.38 bits per heavy atom. The molecule has 39 heavy (non-hydrogen) atoms. The van der Waals surface area contributed by atoms with Crippen LogP contribution in [-0.2, 0) is 14.3 Å². The lowest BCUT2D eigenvalue weighted by atomic mass is 10.0. The Hall–Kier alpha value is -3.31. The Morgan fingerprint density at radius 1 is 1.10 bits per heavy atom. The average Bonchev–Trinajstić information content (AvgIpc) is 3.40. The summed E-state index contributed by atoms with van der Waals surface area (Å²) in [5, 5.41) is 5.42. The molecule has 2 aromatic rings. The molecule has 1 saturated heterocycles. The highest BCUT2D eigenvalue weighted by molar-refractivity contribution is 7.08. The van der Waals surface area contributed by atoms with Gasteiger partial charge in [-0.15, -0.1) is 0 Å². The maximum absolute atomic E-state index is 13.4. The van der Waals surface area contributed by atoms with Crippen LogP contribution in [0, 0.1) is 6.92 Å². The number of aromatic nitrogens is 1. The first-order valence-corrected chi connectivity index (χ1v) is 14.0. The fourth-order valence-electron chi connectivity index (χ4n) is 4.04. The topological polar surface area (TPSA) is 135 Å². The molecule has 1 aliphatic rings. The third-order valence-corrected chi connectivity index (χ3v) is 7.41. The van der Waals surface area contributed by atoms with Crippen LogP contribution in [-0.4, -0.2) is 57.1 Å². The second-order valence-electron chi connectivity index (χ2n) is 9.86. The van der Waals surface area contributed by atoms with Gasteiger partial charge < -0.3 is 15.4 Å². The lowest BCUT2D eigenvalue weighted by Crippen LogP contribution is -2.53. The number of nitrogens with zero attached hydrogens (tertiary/aromatic N) is 2. The Labute approximate surface area is 236 Å². The zero-order chi connectivity index (χ0) is 28.7. The van der Waals surface area contributed by atoms with Gasteiger partial charge in [0.05, 0.1) is 21.3 Å². The fraction of sp³-hybridized carbons (Fsp3) is 0.481. The molecule has 1 aromatic carbocycles. The first-order valence-electron chi connectivity index (χ1n) is 12.9. The summed E-state index contributed by atoms with van der Waals surface area (Å²) in [7, 11) is 0. The number of anilines is 1. The summed E-state index contributed by atoms with van der Waals surface area (Å²) in [4.78, 5) is 65.3. The molecule has 2 N–H and O–H groups in total. The van der Waals surface area contributed by atoms with Crippen molar-refractivity contribution in [2.24, 2.45) is 0 Å². The number of amides is 4. The van der Waals surface area contributed by atoms with Gasteiger partial charge in [-0.3, -0.25) is 19.2 Å². The largest absolute Gasteiger partial charge is 0.433 e. The number of carbonyl (C=O) groups excluding carboxylic acids is 5. The van der Waals surface area contributed by atoms with Crippen LogP contribution in [0.15, 0.2) is 24.3 Å². The Kier molecular flexibility index (Phi) is 10.2. The van der Waals surface area contributed by atoms with Crippen molar-refractivity contribution in [3.8, 4) is 0 Å². The summed E-state index contributed by atoms with van der Waals surface area (Å²) in [6, 6.07) is 3.93. The number of unbranched alkanes of at least 4 members (excludes halogenated alkanes) is 5. The molecule has 1 unspecified atom stereocenters. The molecule has 0 radical (unpaired) electrons. The summed E-state index contributed by atoms with van der Waals surface area (Å²) < 4.78 is 9.15. The Balaban J connectivity index is 1.73. The minimum absolute atomic E-state index is 0.0473. The molecule has 0 bridgehead atoms. The molecular weight excluding hydrogens is 544 g/mol. The van der Waals surface area contributed by atoms with Gasteiger partial charge in [-0.2, -0.15) is 4.37 Å². The van der Waals surface area contributed by atoms with Gasteiger partial charge in [-0.25, -0.2) is 9.69 Å². The van der Waals surface area contributed by atoms with Crippen molar-refractivity contribution < 1.29 is 28.7 Å². The number of nitrogens with one attached hydrogen (secondary N) is 2. The highest BCUT2D eigenvalue weighted by Gasteiger charge is 2.54. The van der Waals surface area contributed by atoms with E-state index in [0.717, 1.165) is 30.8 Å². The number of ether oxygens (including phenoxy) is 1. The standard InChI is InChI=1S/C27H33ClN4O6S/c1-5-6-7-8-9-10-13-29-23(34)17-11-12-19(18(28)15-17)30-24(35)21(22(33)20-14-16(2)31-39-20)32-25(36)27(3,4)38-26(32)37/h11-12,14-15,21H,5-10,13H2,1-4H3,(H,29,34)(H,30,35). The van der Waals surface area contributed by atoms with Crippen LogP contribution in [0.3, 0.4) is 0 Å². The van der Waals surface area contributed by atoms with Gasteiger partial charge in [0.2, 0.25) is 5.78 Å². The first-order chi connectivity index (χ1) is 18.5. The van der Waals surface area contributed by atoms with E-state index < -0.39 is 35.3 Å². The van der Waals surface area contributed by atoms with Crippen molar-refractivity contribution in [2.45, 2.75) is 77.9 Å². The molecule has 1 fully saturated rings. The number of Topliss-reactive ketones (excluding diaryl/α,β-unsaturated/α-hetero) is 1. The number of ketones is 1. The number of aryl methyl sites for hydroxylation is 1. The second-order valence-corrected chi connectivity index (χ2v) is 11.1. The van der Waals surface area contributed by atoms with Gasteiger partial charge in [0, 0.05) is 12.1 Å². The van der Waals surface area contributed by atoms with Crippen molar-refractivity contribution in [1.29, 1.82) is 0 Å². The summed E-state index contributed by atoms with van der Waals surface area (Å²) >= 11 is 7.21. The van der Waals surface area contributed by atoms with E-state index in [1.54, 1.807) is 6.92 Å². The number of imide groups is 1. The molecule has 3 rings (SSSR count). The number of carbonyl (C=O) groups is 5. The second kappa shape index (κ2) is 13.2. The molecule has 0 spiro atoms. The molecule has 1 aliphatic heterocycles. The van der Waals surface area contributed by atoms with E-state index >= 15 is 0 Å². The molecule has 12 heteroatoms. The monoisotopic (exact) mass is 576 g/mol. The molecule has 10 nitrogen and oxygen atoms in total. The van der Waals surface area contributed by atoms with Gasteiger partial charge in [-0.1, -0.05) is 50.6 Å². The van der Waals surface area contributed by atoms with Crippen LogP contribution in [0.5, 0.6) is 0 Å². The quantitative estimate of drug-likeness (QED) is 0.191. The van der Waals surface area contributed by atoms with Crippen molar-refractivity contribution in [3.63, 3.8) is 0 Å². The number of cyclic esters (lactones) is 1. The fourth-order valence-corrected chi connectivity index (χ4v) is 4.99. The molecule has 210 valence electrons. The summed E-state index contributed by atoms with van der Waals surface area (Å²) in [6.45, 7) is 7.12. The molecule has 1 atom stereocenters. The predicted molar refractivity (Wildman–Crippen MR) is 148 cm³/mol. The van der Waals surface area contributed by atoms with Crippen molar-refractivity contribution in [1.82, 2.24) is 14.6 Å². The molecule has 1 aromatic heterocycles. The van der Waals surface area contributed by atoms with Crippen LogP contribution in [0.25, 0.3) is 0 Å². The number of hydrogen-bond donors (Lipinski definition) is 2. The van der Waals surface area contributed by atoms with Gasteiger partial charge in [0.1, 0.15) is 0 Å². The van der Waals surface area contributed by atoms with Gasteiger partial charge in [0.15, 0.2) is 11.6 Å². The number of hydrogen-bond acceptors (Lipinski definition) is 8. The van der Waals surface area contributed by atoms with Gasteiger partial charge in [0.25, 0.3) is 17.7 Å². The Morgan fingerprint density at radius 2 is 1.79 bits per heavy atom.